The molecule has 0 amide bonds. The molecule has 2 N–H and O–H groups in total. The molecule has 0 aliphatic rings. The fraction of sp³-hybridized carbons (Fsp3) is 0.125. The molecular weight excluding hydrogens is 302 g/mol. The lowest BCUT2D eigenvalue weighted by Gasteiger charge is -2.17. The quantitative estimate of drug-likeness (QED) is 0.802. The van der Waals surface area contributed by atoms with Crippen molar-refractivity contribution >= 4 is 31.9 Å². The Morgan fingerprint density at radius 2 is 1.76 bits per heavy atom. The molecule has 3 rings (SSSR count). The van der Waals surface area contributed by atoms with Crippen LogP contribution in [0.5, 0.6) is 0 Å². The molecule has 0 radical (unpaired) electrons. The predicted molar refractivity (Wildman–Crippen MR) is 87.2 cm³/mol. The van der Waals surface area contributed by atoms with Crippen LogP contribution < -0.4 is 5.73 Å². The average molecular weight is 317 g/mol. The second-order valence-corrected chi connectivity index (χ2v) is 8.07. The summed E-state index contributed by atoms with van der Waals surface area (Å²) in [7, 11) is -3.46. The van der Waals surface area contributed by atoms with E-state index < -0.39 is 15.1 Å². The van der Waals surface area contributed by atoms with E-state index in [1.54, 1.807) is 17.5 Å². The summed E-state index contributed by atoms with van der Waals surface area (Å²) in [6, 6.07) is 16.9. The van der Waals surface area contributed by atoms with Crippen LogP contribution in [-0.4, -0.2) is 15.0 Å². The molecule has 0 unspecified atom stereocenters. The van der Waals surface area contributed by atoms with Crippen LogP contribution in [0.15, 0.2) is 64.2 Å². The van der Waals surface area contributed by atoms with Crippen molar-refractivity contribution in [3.8, 4) is 0 Å². The van der Waals surface area contributed by atoms with Crippen LogP contribution in [0.2, 0.25) is 0 Å². The lowest BCUT2D eigenvalue weighted by Crippen LogP contribution is -2.21. The summed E-state index contributed by atoms with van der Waals surface area (Å²) in [5.41, 5.74) is 6.58. The molecule has 1 heterocycles. The zero-order chi connectivity index (χ0) is 14.9. The van der Waals surface area contributed by atoms with Crippen molar-refractivity contribution in [3.05, 3.63) is 65.5 Å². The minimum atomic E-state index is -3.46. The summed E-state index contributed by atoms with van der Waals surface area (Å²) in [5.74, 6) is 0. The molecular formula is C16H15NO2S2. The van der Waals surface area contributed by atoms with Gasteiger partial charge in [0.2, 0.25) is 0 Å². The Labute approximate surface area is 128 Å². The van der Waals surface area contributed by atoms with E-state index in [2.05, 4.69) is 0 Å². The maximum atomic E-state index is 12.8. The third-order valence-corrected chi connectivity index (χ3v) is 7.07. The van der Waals surface area contributed by atoms with E-state index in [0.29, 0.717) is 4.21 Å². The summed E-state index contributed by atoms with van der Waals surface area (Å²) in [5, 5.41) is 3.01. The minimum absolute atomic E-state index is 0.0637. The lowest BCUT2D eigenvalue weighted by molar-refractivity contribution is 0.585. The standard InChI is InChI=1S/C16H15NO2S2/c17-11-15(21(18,19)16-9-4-10-20-16)14-8-3-6-12-5-1-2-7-13(12)14/h1-10,15H,11,17H2/t15-/m1/s1. The van der Waals surface area contributed by atoms with Crippen LogP contribution in [0, 0.1) is 0 Å². The number of nitrogens with two attached hydrogens (primary N) is 1. The minimum Gasteiger partial charge on any atom is -0.329 e. The normalized spacial score (nSPS) is 13.4. The molecule has 1 aromatic heterocycles. The lowest BCUT2D eigenvalue weighted by atomic mass is 10.0. The van der Waals surface area contributed by atoms with E-state index in [1.807, 2.05) is 42.5 Å². The van der Waals surface area contributed by atoms with Gasteiger partial charge in [0.15, 0.2) is 9.84 Å². The van der Waals surface area contributed by atoms with Crippen molar-refractivity contribution in [1.29, 1.82) is 0 Å². The molecule has 5 heteroatoms. The number of rotatable bonds is 4. The van der Waals surface area contributed by atoms with Crippen LogP contribution in [0.1, 0.15) is 10.8 Å². The van der Waals surface area contributed by atoms with Crippen molar-refractivity contribution in [2.24, 2.45) is 5.73 Å². The van der Waals surface area contributed by atoms with Gasteiger partial charge in [-0.1, -0.05) is 48.5 Å². The second kappa shape index (κ2) is 5.60. The number of hydrogen-bond donors (Lipinski definition) is 1. The number of hydrogen-bond acceptors (Lipinski definition) is 4. The van der Waals surface area contributed by atoms with E-state index in [9.17, 15) is 8.42 Å². The van der Waals surface area contributed by atoms with E-state index in [0.717, 1.165) is 16.3 Å². The molecule has 0 fully saturated rings. The number of thiophene rings is 1. The molecule has 0 spiro atoms. The van der Waals surface area contributed by atoms with Gasteiger partial charge in [0.1, 0.15) is 9.46 Å². The summed E-state index contributed by atoms with van der Waals surface area (Å²) in [4.78, 5) is 0. The molecule has 2 aromatic carbocycles. The van der Waals surface area contributed by atoms with Gasteiger partial charge in [-0.3, -0.25) is 0 Å². The summed E-state index contributed by atoms with van der Waals surface area (Å²) >= 11 is 1.23. The molecule has 0 aliphatic carbocycles. The highest BCUT2D eigenvalue weighted by Gasteiger charge is 2.29. The van der Waals surface area contributed by atoms with Gasteiger partial charge in [-0.05, 0) is 27.8 Å². The molecule has 0 bridgehead atoms. The first kappa shape index (κ1) is 14.3. The Kier molecular flexibility index (Phi) is 3.80. The van der Waals surface area contributed by atoms with Crippen molar-refractivity contribution in [3.63, 3.8) is 0 Å². The van der Waals surface area contributed by atoms with Gasteiger partial charge in [-0.25, -0.2) is 8.42 Å². The zero-order valence-electron chi connectivity index (χ0n) is 11.3. The fourth-order valence-electron chi connectivity index (χ4n) is 2.52. The molecule has 1 atom stereocenters. The van der Waals surface area contributed by atoms with E-state index >= 15 is 0 Å². The Morgan fingerprint density at radius 3 is 2.48 bits per heavy atom. The number of sulfone groups is 1. The van der Waals surface area contributed by atoms with Gasteiger partial charge in [0.25, 0.3) is 0 Å². The maximum Gasteiger partial charge on any atom is 0.195 e. The maximum absolute atomic E-state index is 12.8. The molecule has 3 nitrogen and oxygen atoms in total. The number of benzene rings is 2. The first-order valence-corrected chi connectivity index (χ1v) is 9.02. The van der Waals surface area contributed by atoms with Gasteiger partial charge in [0.05, 0.1) is 0 Å². The fourth-order valence-corrected chi connectivity index (χ4v) is 5.36. The predicted octanol–water partition coefficient (Wildman–Crippen LogP) is 3.38. The van der Waals surface area contributed by atoms with E-state index in [1.165, 1.54) is 11.3 Å². The summed E-state index contributed by atoms with van der Waals surface area (Å²) in [6.45, 7) is 0.0637. The molecule has 21 heavy (non-hydrogen) atoms. The topological polar surface area (TPSA) is 60.2 Å². The molecule has 3 aromatic rings. The summed E-state index contributed by atoms with van der Waals surface area (Å²) in [6.07, 6.45) is 0. The third kappa shape index (κ3) is 2.48. The Hall–Kier alpha value is -1.69. The highest BCUT2D eigenvalue weighted by molar-refractivity contribution is 7.93. The highest BCUT2D eigenvalue weighted by Crippen LogP contribution is 2.34. The Bertz CT molecular complexity index is 850. The second-order valence-electron chi connectivity index (χ2n) is 4.77. The Morgan fingerprint density at radius 1 is 1.00 bits per heavy atom. The zero-order valence-corrected chi connectivity index (χ0v) is 12.9. The van der Waals surface area contributed by atoms with E-state index in [-0.39, 0.29) is 6.54 Å². The van der Waals surface area contributed by atoms with Crippen molar-refractivity contribution in [2.45, 2.75) is 9.46 Å². The third-order valence-electron chi connectivity index (χ3n) is 3.53. The van der Waals surface area contributed by atoms with Gasteiger partial charge in [-0.15, -0.1) is 11.3 Å². The van der Waals surface area contributed by atoms with E-state index in [4.69, 9.17) is 5.73 Å². The first-order chi connectivity index (χ1) is 10.1. The van der Waals surface area contributed by atoms with Crippen molar-refractivity contribution in [2.75, 3.05) is 6.54 Å². The van der Waals surface area contributed by atoms with Crippen LogP contribution in [0.3, 0.4) is 0 Å². The first-order valence-electron chi connectivity index (χ1n) is 6.59. The Balaban J connectivity index is 2.20. The van der Waals surface area contributed by atoms with Gasteiger partial charge < -0.3 is 5.73 Å². The van der Waals surface area contributed by atoms with Crippen LogP contribution in [0.4, 0.5) is 0 Å². The highest BCUT2D eigenvalue weighted by atomic mass is 32.2. The average Bonchev–Trinajstić information content (AvgIpc) is 3.03. The number of fused-ring (bicyclic) bond motifs is 1. The smallest absolute Gasteiger partial charge is 0.195 e. The molecule has 0 saturated heterocycles. The monoisotopic (exact) mass is 317 g/mol. The van der Waals surface area contributed by atoms with Gasteiger partial charge >= 0.3 is 0 Å². The molecule has 0 aliphatic heterocycles. The summed E-state index contributed by atoms with van der Waals surface area (Å²) < 4.78 is 26.0. The molecule has 0 saturated carbocycles. The van der Waals surface area contributed by atoms with Crippen LogP contribution in [-0.2, 0) is 9.84 Å². The van der Waals surface area contributed by atoms with Crippen LogP contribution in [0.25, 0.3) is 10.8 Å². The van der Waals surface area contributed by atoms with Crippen molar-refractivity contribution < 1.29 is 8.42 Å². The van der Waals surface area contributed by atoms with Crippen LogP contribution >= 0.6 is 11.3 Å². The van der Waals surface area contributed by atoms with Crippen molar-refractivity contribution in [1.82, 2.24) is 0 Å². The van der Waals surface area contributed by atoms with Gasteiger partial charge in [-0.2, -0.15) is 0 Å². The molecule has 108 valence electrons. The largest absolute Gasteiger partial charge is 0.329 e. The SMILES string of the molecule is NC[C@H](c1cccc2ccccc12)S(=O)(=O)c1cccs1. The van der Waals surface area contributed by atoms with Gasteiger partial charge in [0, 0.05) is 6.54 Å².